The van der Waals surface area contributed by atoms with Gasteiger partial charge in [0.15, 0.2) is 0 Å². The van der Waals surface area contributed by atoms with Crippen LogP contribution in [-0.4, -0.2) is 29.1 Å². The number of benzene rings is 1. The van der Waals surface area contributed by atoms with Gasteiger partial charge in [0.05, 0.1) is 5.56 Å². The van der Waals surface area contributed by atoms with Gasteiger partial charge in [0.1, 0.15) is 5.82 Å². The lowest BCUT2D eigenvalue weighted by atomic mass is 10.0. The first kappa shape index (κ1) is 14.3. The van der Waals surface area contributed by atoms with Crippen molar-refractivity contribution in [1.82, 2.24) is 4.98 Å². The number of pyridine rings is 1. The summed E-state index contributed by atoms with van der Waals surface area (Å²) in [5, 5.41) is 10.9. The molecule has 20 heavy (non-hydrogen) atoms. The highest BCUT2D eigenvalue weighted by Crippen LogP contribution is 2.28. The van der Waals surface area contributed by atoms with Gasteiger partial charge in [-0.05, 0) is 12.8 Å². The molecule has 0 aliphatic heterocycles. The first-order chi connectivity index (χ1) is 9.43. The van der Waals surface area contributed by atoms with Crippen molar-refractivity contribution in [2.24, 2.45) is 5.92 Å². The number of rotatable bonds is 4. The van der Waals surface area contributed by atoms with Crippen LogP contribution in [0.25, 0.3) is 10.8 Å². The second-order valence-corrected chi connectivity index (χ2v) is 5.44. The van der Waals surface area contributed by atoms with Gasteiger partial charge in [-0.1, -0.05) is 38.1 Å². The summed E-state index contributed by atoms with van der Waals surface area (Å²) in [5.74, 6) is 0.367. The third-order valence-electron chi connectivity index (χ3n) is 3.91. The Morgan fingerprint density at radius 3 is 2.35 bits per heavy atom. The number of anilines is 1. The SMILES string of the molecule is CC(C)C(C)N(C)c1ncc(C(=O)O)c2ccccc12. The molecule has 0 saturated heterocycles. The van der Waals surface area contributed by atoms with Crippen molar-refractivity contribution >= 4 is 22.6 Å². The molecule has 2 rings (SSSR count). The Balaban J connectivity index is 2.62. The van der Waals surface area contributed by atoms with E-state index >= 15 is 0 Å². The quantitative estimate of drug-likeness (QED) is 0.926. The first-order valence-corrected chi connectivity index (χ1v) is 6.77. The smallest absolute Gasteiger partial charge is 0.337 e. The number of hydrogen-bond acceptors (Lipinski definition) is 3. The summed E-state index contributed by atoms with van der Waals surface area (Å²) >= 11 is 0. The van der Waals surface area contributed by atoms with Crippen LogP contribution in [0.2, 0.25) is 0 Å². The molecule has 0 spiro atoms. The molecule has 1 aromatic carbocycles. The van der Waals surface area contributed by atoms with Gasteiger partial charge >= 0.3 is 5.97 Å². The molecule has 0 bridgehead atoms. The number of aromatic carboxylic acids is 1. The molecule has 1 aromatic heterocycles. The summed E-state index contributed by atoms with van der Waals surface area (Å²) in [6.07, 6.45) is 1.45. The van der Waals surface area contributed by atoms with Crippen LogP contribution < -0.4 is 4.90 Å². The Hall–Kier alpha value is -2.10. The number of carboxylic acid groups (broad SMARTS) is 1. The van der Waals surface area contributed by atoms with Crippen molar-refractivity contribution in [3.63, 3.8) is 0 Å². The predicted octanol–water partition coefficient (Wildman–Crippen LogP) is 3.41. The maximum atomic E-state index is 11.3. The van der Waals surface area contributed by atoms with E-state index in [-0.39, 0.29) is 5.56 Å². The van der Waals surface area contributed by atoms with Gasteiger partial charge in [-0.3, -0.25) is 0 Å². The average molecular weight is 272 g/mol. The van der Waals surface area contributed by atoms with Gasteiger partial charge in [-0.2, -0.15) is 0 Å². The molecular formula is C16H20N2O2. The highest BCUT2D eigenvalue weighted by Gasteiger charge is 2.19. The molecule has 0 radical (unpaired) electrons. The first-order valence-electron chi connectivity index (χ1n) is 6.77. The van der Waals surface area contributed by atoms with E-state index in [4.69, 9.17) is 0 Å². The molecule has 1 N–H and O–H groups in total. The van der Waals surface area contributed by atoms with Gasteiger partial charge < -0.3 is 10.0 Å². The number of carbonyl (C=O) groups is 1. The van der Waals surface area contributed by atoms with E-state index in [1.165, 1.54) is 6.20 Å². The van der Waals surface area contributed by atoms with Crippen LogP contribution in [-0.2, 0) is 0 Å². The molecule has 0 aliphatic carbocycles. The molecule has 0 fully saturated rings. The highest BCUT2D eigenvalue weighted by atomic mass is 16.4. The summed E-state index contributed by atoms with van der Waals surface area (Å²) in [6.45, 7) is 6.47. The molecule has 1 heterocycles. The molecule has 4 nitrogen and oxygen atoms in total. The van der Waals surface area contributed by atoms with Crippen molar-refractivity contribution < 1.29 is 9.90 Å². The molecule has 106 valence electrons. The lowest BCUT2D eigenvalue weighted by Gasteiger charge is -2.30. The monoisotopic (exact) mass is 272 g/mol. The largest absolute Gasteiger partial charge is 0.478 e. The van der Waals surface area contributed by atoms with E-state index in [0.717, 1.165) is 16.6 Å². The van der Waals surface area contributed by atoms with Crippen LogP contribution in [0.4, 0.5) is 5.82 Å². The van der Waals surface area contributed by atoms with Gasteiger partial charge in [-0.25, -0.2) is 9.78 Å². The van der Waals surface area contributed by atoms with Gasteiger partial charge in [0.2, 0.25) is 0 Å². The standard InChI is InChI=1S/C16H20N2O2/c1-10(2)11(3)18(4)15-13-8-6-5-7-12(13)14(9-17-15)16(19)20/h5-11H,1-4H3,(H,19,20). The molecule has 1 unspecified atom stereocenters. The highest BCUT2D eigenvalue weighted by molar-refractivity contribution is 6.06. The zero-order valence-electron chi connectivity index (χ0n) is 12.3. The van der Waals surface area contributed by atoms with Crippen LogP contribution in [0.3, 0.4) is 0 Å². The second-order valence-electron chi connectivity index (χ2n) is 5.44. The zero-order valence-corrected chi connectivity index (χ0v) is 12.3. The maximum Gasteiger partial charge on any atom is 0.337 e. The van der Waals surface area contributed by atoms with E-state index in [2.05, 4.69) is 30.7 Å². The fraction of sp³-hybridized carbons (Fsp3) is 0.375. The molecule has 1 atom stereocenters. The Kier molecular flexibility index (Phi) is 3.93. The Morgan fingerprint density at radius 1 is 1.20 bits per heavy atom. The van der Waals surface area contributed by atoms with E-state index in [1.54, 1.807) is 0 Å². The third-order valence-corrected chi connectivity index (χ3v) is 3.91. The van der Waals surface area contributed by atoms with Crippen molar-refractivity contribution in [2.75, 3.05) is 11.9 Å². The number of fused-ring (bicyclic) bond motifs is 1. The Morgan fingerprint density at radius 2 is 1.80 bits per heavy atom. The van der Waals surface area contributed by atoms with Crippen LogP contribution >= 0.6 is 0 Å². The van der Waals surface area contributed by atoms with Crippen LogP contribution in [0.5, 0.6) is 0 Å². The average Bonchev–Trinajstić information content (AvgIpc) is 2.44. The summed E-state index contributed by atoms with van der Waals surface area (Å²) in [7, 11) is 2.00. The summed E-state index contributed by atoms with van der Waals surface area (Å²) in [5.41, 5.74) is 0.245. The van der Waals surface area contributed by atoms with E-state index in [0.29, 0.717) is 12.0 Å². The molecule has 0 amide bonds. The minimum Gasteiger partial charge on any atom is -0.478 e. The van der Waals surface area contributed by atoms with Crippen molar-refractivity contribution in [2.45, 2.75) is 26.8 Å². The summed E-state index contributed by atoms with van der Waals surface area (Å²) in [4.78, 5) is 17.8. The number of hydrogen-bond donors (Lipinski definition) is 1. The van der Waals surface area contributed by atoms with Gasteiger partial charge in [-0.15, -0.1) is 0 Å². The van der Waals surface area contributed by atoms with Crippen molar-refractivity contribution in [3.8, 4) is 0 Å². The summed E-state index contributed by atoms with van der Waals surface area (Å²) in [6, 6.07) is 7.84. The van der Waals surface area contributed by atoms with Crippen LogP contribution in [0.15, 0.2) is 30.5 Å². The Labute approximate surface area is 119 Å². The molecule has 2 aromatic rings. The predicted molar refractivity (Wildman–Crippen MR) is 81.4 cm³/mol. The molecule has 4 heteroatoms. The topological polar surface area (TPSA) is 53.4 Å². The van der Waals surface area contributed by atoms with Crippen molar-refractivity contribution in [3.05, 3.63) is 36.0 Å². The zero-order chi connectivity index (χ0) is 14.9. The van der Waals surface area contributed by atoms with E-state index in [1.807, 2.05) is 31.3 Å². The van der Waals surface area contributed by atoms with E-state index in [9.17, 15) is 9.90 Å². The van der Waals surface area contributed by atoms with Crippen LogP contribution in [0, 0.1) is 5.92 Å². The molecule has 0 aliphatic rings. The Bertz CT molecular complexity index is 637. The van der Waals surface area contributed by atoms with Crippen LogP contribution in [0.1, 0.15) is 31.1 Å². The fourth-order valence-electron chi connectivity index (χ4n) is 2.27. The summed E-state index contributed by atoms with van der Waals surface area (Å²) < 4.78 is 0. The van der Waals surface area contributed by atoms with Gasteiger partial charge in [0.25, 0.3) is 0 Å². The number of aromatic nitrogens is 1. The fourth-order valence-corrected chi connectivity index (χ4v) is 2.27. The number of carboxylic acids is 1. The minimum atomic E-state index is -0.945. The second kappa shape index (κ2) is 5.49. The van der Waals surface area contributed by atoms with Gasteiger partial charge in [0, 0.05) is 30.1 Å². The lowest BCUT2D eigenvalue weighted by molar-refractivity contribution is 0.0698. The molecule has 0 saturated carbocycles. The van der Waals surface area contributed by atoms with Crippen molar-refractivity contribution in [1.29, 1.82) is 0 Å². The lowest BCUT2D eigenvalue weighted by Crippen LogP contribution is -2.34. The maximum absolute atomic E-state index is 11.3. The normalized spacial score (nSPS) is 12.7. The number of nitrogens with zero attached hydrogens (tertiary/aromatic N) is 2. The third kappa shape index (κ3) is 2.46. The molecular weight excluding hydrogens is 252 g/mol. The minimum absolute atomic E-state index is 0.245. The van der Waals surface area contributed by atoms with E-state index < -0.39 is 5.97 Å².